The van der Waals surface area contributed by atoms with Crippen LogP contribution in [0.5, 0.6) is 17.2 Å². The standard InChI is InChI=1S/C43H49N3O6/c1-4-5-20-49-29(2)52-38-14-8-31(9-15-38)32-10-16-39-34(23-32)24-35(25-40(45-39)33-11-17-41-42(26-33)51-28-50-41)43(47)44-36-12-6-30(7-13-36)27-46(3)37-18-21-48-22-19-37/h6-17,23-24,26,29,37,40,45H,4-5,18-22,25,27-28H2,1-3H3,(H,44,47). The Bertz CT molecular complexity index is 1850. The van der Waals surface area contributed by atoms with Crippen LogP contribution in [0.1, 0.15) is 68.7 Å². The zero-order valence-corrected chi connectivity index (χ0v) is 30.4. The first-order valence-corrected chi connectivity index (χ1v) is 18.5. The van der Waals surface area contributed by atoms with Gasteiger partial charge in [0.25, 0.3) is 5.91 Å². The maximum absolute atomic E-state index is 14.0. The maximum Gasteiger partial charge on any atom is 0.251 e. The fourth-order valence-corrected chi connectivity index (χ4v) is 6.98. The number of benzene rings is 4. The number of amides is 1. The molecule has 3 heterocycles. The molecule has 3 aliphatic heterocycles. The van der Waals surface area contributed by atoms with Crippen molar-refractivity contribution in [3.05, 3.63) is 107 Å². The molecule has 272 valence electrons. The molecule has 9 heteroatoms. The third kappa shape index (κ3) is 8.78. The lowest BCUT2D eigenvalue weighted by Gasteiger charge is -2.31. The van der Waals surface area contributed by atoms with Crippen LogP contribution in [0.15, 0.2) is 90.5 Å². The second-order valence-corrected chi connectivity index (χ2v) is 13.8. The highest BCUT2D eigenvalue weighted by molar-refractivity contribution is 6.07. The predicted octanol–water partition coefficient (Wildman–Crippen LogP) is 8.81. The fraction of sp³-hybridized carbons (Fsp3) is 0.372. The Hall–Kier alpha value is -4.83. The molecule has 0 saturated carbocycles. The van der Waals surface area contributed by atoms with Gasteiger partial charge in [-0.1, -0.05) is 49.7 Å². The minimum Gasteiger partial charge on any atom is -0.465 e. The van der Waals surface area contributed by atoms with Gasteiger partial charge in [-0.25, -0.2) is 0 Å². The van der Waals surface area contributed by atoms with Crippen LogP contribution in [-0.2, 0) is 20.8 Å². The maximum atomic E-state index is 14.0. The van der Waals surface area contributed by atoms with Crippen molar-refractivity contribution in [2.45, 2.75) is 70.9 Å². The van der Waals surface area contributed by atoms with Gasteiger partial charge in [0.05, 0.1) is 12.6 Å². The first-order chi connectivity index (χ1) is 25.4. The molecule has 3 aliphatic rings. The second-order valence-electron chi connectivity index (χ2n) is 13.8. The molecule has 0 aromatic heterocycles. The van der Waals surface area contributed by atoms with Gasteiger partial charge in [-0.15, -0.1) is 0 Å². The summed E-state index contributed by atoms with van der Waals surface area (Å²) >= 11 is 0. The molecule has 0 bridgehead atoms. The van der Waals surface area contributed by atoms with Crippen LogP contribution in [0.2, 0.25) is 0 Å². The van der Waals surface area contributed by atoms with Crippen molar-refractivity contribution < 1.29 is 28.5 Å². The van der Waals surface area contributed by atoms with Gasteiger partial charge in [-0.05, 0) is 116 Å². The van der Waals surface area contributed by atoms with Gasteiger partial charge in [0.2, 0.25) is 6.79 Å². The zero-order chi connectivity index (χ0) is 35.9. The third-order valence-electron chi connectivity index (χ3n) is 10.0. The topological polar surface area (TPSA) is 90.5 Å². The first-order valence-electron chi connectivity index (χ1n) is 18.5. The Balaban J connectivity index is 1.10. The molecule has 0 spiro atoms. The molecule has 2 unspecified atom stereocenters. The number of fused-ring (bicyclic) bond motifs is 2. The number of nitrogens with zero attached hydrogens (tertiary/aromatic N) is 1. The summed E-state index contributed by atoms with van der Waals surface area (Å²) in [4.78, 5) is 16.4. The van der Waals surface area contributed by atoms with Crippen LogP contribution < -0.4 is 24.8 Å². The Labute approximate surface area is 306 Å². The molecular weight excluding hydrogens is 654 g/mol. The zero-order valence-electron chi connectivity index (χ0n) is 30.4. The number of carbonyl (C=O) groups excluding carboxylic acids is 1. The SMILES string of the molecule is CCCCOC(C)Oc1ccc(-c2ccc3c(c2)C=C(C(=O)Nc2ccc(CN(C)C4CCOCC4)cc2)CC(c2ccc4c(c2)OCO4)N3)cc1. The molecule has 0 radical (unpaired) electrons. The summed E-state index contributed by atoms with van der Waals surface area (Å²) in [7, 11) is 2.17. The molecule has 4 aromatic rings. The van der Waals surface area contributed by atoms with Crippen molar-refractivity contribution in [2.75, 3.05) is 44.3 Å². The number of rotatable bonds is 13. The third-order valence-corrected chi connectivity index (χ3v) is 10.0. The summed E-state index contributed by atoms with van der Waals surface area (Å²) in [5, 5.41) is 6.90. The Morgan fingerprint density at radius 1 is 0.942 bits per heavy atom. The highest BCUT2D eigenvalue weighted by Gasteiger charge is 2.25. The lowest BCUT2D eigenvalue weighted by molar-refractivity contribution is -0.112. The van der Waals surface area contributed by atoms with Crippen LogP contribution in [0.25, 0.3) is 17.2 Å². The average Bonchev–Trinajstić information content (AvgIpc) is 3.55. The van der Waals surface area contributed by atoms with E-state index in [4.69, 9.17) is 23.7 Å². The largest absolute Gasteiger partial charge is 0.465 e. The Morgan fingerprint density at radius 3 is 2.50 bits per heavy atom. The molecule has 52 heavy (non-hydrogen) atoms. The molecule has 1 amide bonds. The van der Waals surface area contributed by atoms with Crippen molar-refractivity contribution in [1.29, 1.82) is 0 Å². The van der Waals surface area contributed by atoms with E-state index in [-0.39, 0.29) is 25.0 Å². The number of nitrogens with one attached hydrogen (secondary N) is 2. The molecule has 7 rings (SSSR count). The number of unbranched alkanes of at least 4 members (excludes halogenated alkanes) is 1. The second kappa shape index (κ2) is 16.7. The van der Waals surface area contributed by atoms with E-state index in [2.05, 4.69) is 72.0 Å². The van der Waals surface area contributed by atoms with E-state index in [0.29, 0.717) is 30.4 Å². The van der Waals surface area contributed by atoms with Gasteiger partial charge in [-0.3, -0.25) is 9.69 Å². The minimum atomic E-state index is -0.315. The van der Waals surface area contributed by atoms with Crippen molar-refractivity contribution in [2.24, 2.45) is 0 Å². The summed E-state index contributed by atoms with van der Waals surface area (Å²) in [6, 6.07) is 28.9. The minimum absolute atomic E-state index is 0.130. The Morgan fingerprint density at radius 2 is 1.71 bits per heavy atom. The van der Waals surface area contributed by atoms with E-state index in [9.17, 15) is 4.79 Å². The quantitative estimate of drug-likeness (QED) is 0.106. The van der Waals surface area contributed by atoms with E-state index in [0.717, 1.165) is 90.6 Å². The normalized spacial score (nSPS) is 17.5. The van der Waals surface area contributed by atoms with Gasteiger partial charge < -0.3 is 34.3 Å². The summed E-state index contributed by atoms with van der Waals surface area (Å²) in [5.41, 5.74) is 7.65. The van der Waals surface area contributed by atoms with Crippen LogP contribution >= 0.6 is 0 Å². The highest BCUT2D eigenvalue weighted by atomic mass is 16.7. The van der Waals surface area contributed by atoms with E-state index >= 15 is 0 Å². The number of hydrogen-bond acceptors (Lipinski definition) is 8. The average molecular weight is 704 g/mol. The molecule has 1 fully saturated rings. The smallest absolute Gasteiger partial charge is 0.251 e. The molecule has 9 nitrogen and oxygen atoms in total. The van der Waals surface area contributed by atoms with Gasteiger partial charge in [0.1, 0.15) is 5.75 Å². The number of ether oxygens (including phenoxy) is 5. The lowest BCUT2D eigenvalue weighted by Crippen LogP contribution is -2.36. The van der Waals surface area contributed by atoms with Crippen molar-refractivity contribution in [3.63, 3.8) is 0 Å². The van der Waals surface area contributed by atoms with Crippen molar-refractivity contribution in [1.82, 2.24) is 4.90 Å². The Kier molecular flexibility index (Phi) is 11.4. The number of carbonyl (C=O) groups is 1. The molecule has 4 aromatic carbocycles. The van der Waals surface area contributed by atoms with Crippen LogP contribution in [0.3, 0.4) is 0 Å². The van der Waals surface area contributed by atoms with Crippen molar-refractivity contribution >= 4 is 23.4 Å². The van der Waals surface area contributed by atoms with E-state index in [1.54, 1.807) is 0 Å². The highest BCUT2D eigenvalue weighted by Crippen LogP contribution is 2.40. The fourth-order valence-electron chi connectivity index (χ4n) is 6.98. The van der Waals surface area contributed by atoms with Gasteiger partial charge in [-0.2, -0.15) is 0 Å². The summed E-state index contributed by atoms with van der Waals surface area (Å²) in [5.74, 6) is 2.07. The molecule has 1 saturated heterocycles. The molecule has 2 atom stereocenters. The molecular formula is C43H49N3O6. The lowest BCUT2D eigenvalue weighted by atomic mass is 9.97. The van der Waals surface area contributed by atoms with E-state index < -0.39 is 0 Å². The summed E-state index contributed by atoms with van der Waals surface area (Å²) < 4.78 is 28.5. The van der Waals surface area contributed by atoms with Gasteiger partial charge >= 0.3 is 0 Å². The number of hydrogen-bond donors (Lipinski definition) is 2. The van der Waals surface area contributed by atoms with Crippen LogP contribution in [0, 0.1) is 0 Å². The van der Waals surface area contributed by atoms with E-state index in [1.165, 1.54) is 5.56 Å². The van der Waals surface area contributed by atoms with Crippen molar-refractivity contribution in [3.8, 4) is 28.4 Å². The monoisotopic (exact) mass is 703 g/mol. The van der Waals surface area contributed by atoms with Crippen LogP contribution in [-0.4, -0.2) is 56.8 Å². The van der Waals surface area contributed by atoms with Gasteiger partial charge in [0, 0.05) is 49.2 Å². The van der Waals surface area contributed by atoms with Crippen LogP contribution in [0.4, 0.5) is 11.4 Å². The number of anilines is 2. The first kappa shape index (κ1) is 35.6. The predicted molar refractivity (Wildman–Crippen MR) is 205 cm³/mol. The summed E-state index contributed by atoms with van der Waals surface area (Å²) in [6.45, 7) is 7.46. The molecule has 0 aliphatic carbocycles. The summed E-state index contributed by atoms with van der Waals surface area (Å²) in [6.07, 6.45) is 6.39. The van der Waals surface area contributed by atoms with Gasteiger partial charge in [0.15, 0.2) is 17.8 Å². The molecule has 2 N–H and O–H groups in total. The van der Waals surface area contributed by atoms with E-state index in [1.807, 2.05) is 55.5 Å².